The van der Waals surface area contributed by atoms with E-state index in [2.05, 4.69) is 71.3 Å². The van der Waals surface area contributed by atoms with Gasteiger partial charge in [-0.2, -0.15) is 75.5 Å². The number of azo groups is 1. The number of nitrogens with zero attached hydrogens (tertiary/aromatic N) is 9. The van der Waals surface area contributed by atoms with E-state index in [4.69, 9.17) is 5.73 Å². The summed E-state index contributed by atoms with van der Waals surface area (Å²) in [4.78, 5) is 37.1. The summed E-state index contributed by atoms with van der Waals surface area (Å²) >= 11 is 0. The molecule has 15 N–H and O–H groups in total. The number of rotatable bonds is 16. The number of Topliss-reactive ketones (excluding diaryl/α,β-unsaturated/α-hetero) is 1. The molecule has 0 radical (unpaired) electrons. The van der Waals surface area contributed by atoms with E-state index >= 15 is 0 Å². The predicted molar refractivity (Wildman–Crippen MR) is 287 cm³/mol. The number of hydrazone groups is 1. The van der Waals surface area contributed by atoms with Gasteiger partial charge in [0.15, 0.2) is 5.71 Å². The molecule has 0 amide bonds. The molecule has 0 saturated carbocycles. The van der Waals surface area contributed by atoms with Crippen molar-refractivity contribution in [3.05, 3.63) is 117 Å². The van der Waals surface area contributed by atoms with Crippen molar-refractivity contribution in [1.82, 2.24) is 29.9 Å². The number of aryl methyl sites for hydroxylation is 2. The van der Waals surface area contributed by atoms with Crippen LogP contribution in [0.1, 0.15) is 27.0 Å². The molecule has 2 heterocycles. The van der Waals surface area contributed by atoms with Gasteiger partial charge in [-0.05, 0) is 115 Å². The lowest BCUT2D eigenvalue weighted by atomic mass is 9.92. The Balaban J connectivity index is 1.18. The molecule has 0 bridgehead atoms. The Labute approximate surface area is 470 Å². The molecule has 1 aliphatic rings. The fourth-order valence-electron chi connectivity index (χ4n) is 7.43. The number of carbonyl (C=O) groups is 1. The molecular weight excluding hydrogens is 1240 g/mol. The average molecular weight is 1280 g/mol. The number of nitrogen functional groups attached to an aromatic ring is 1. The second-order valence-electron chi connectivity index (χ2n) is 17.0. The van der Waals surface area contributed by atoms with Gasteiger partial charge in [-0.25, -0.2) is 9.98 Å². The largest absolute Gasteiger partial charge is 0.480 e. The van der Waals surface area contributed by atoms with Crippen LogP contribution in [0.4, 0.5) is 57.4 Å². The number of fused-ring (bicyclic) bond motifs is 1. The molecule has 0 saturated heterocycles. The molecule has 0 fully saturated rings. The standard InChI is InChI=1S/C42H35N15O21S6/c1-17-11-22(79(61,62)63)5-7-24(17)46-39-48-37(50-41(59)52-39)44-20-3-9-28(81(67,68)69)26(15-20)54-56-34-30(83(73,74)75)13-19-14-31(84(76,77)78)35(36(58)32(19)33(34)43)57-55-27-16-21(4-10-29(27)82(70,71)72)45-38-49-40(53-42(60)51-38)47-25-8-6-23(12-18(25)2)80(64,65)66/h3-16,55H,43H2,1-2H3,(H,61,62,63)(H,64,65,66)(H,67,68,69)(H,70,71,72)(H,73,74,75)(H,76,77,78)(H3,44,46,48,50,52,59)(H3,45,47,49,51,53,60)/b56-54?,57-35+. The van der Waals surface area contributed by atoms with Gasteiger partial charge in [0.05, 0.1) is 38.1 Å². The summed E-state index contributed by atoms with van der Waals surface area (Å²) < 4.78 is 208. The van der Waals surface area contributed by atoms with Gasteiger partial charge in [0.2, 0.25) is 17.7 Å². The Bertz CT molecular complexity index is 4980. The van der Waals surface area contributed by atoms with Crippen LogP contribution in [-0.2, 0) is 60.7 Å². The second kappa shape index (κ2) is 22.1. The summed E-state index contributed by atoms with van der Waals surface area (Å²) in [7, 11) is -30.9. The molecule has 440 valence electrons. The second-order valence-corrected chi connectivity index (χ2v) is 25.4. The Morgan fingerprint density at radius 2 is 1.00 bits per heavy atom. The van der Waals surface area contributed by atoms with E-state index in [0.29, 0.717) is 18.2 Å². The first-order valence-corrected chi connectivity index (χ1v) is 30.8. The van der Waals surface area contributed by atoms with Gasteiger partial charge in [-0.3, -0.25) is 47.5 Å². The Kier molecular flexibility index (Phi) is 16.0. The molecule has 7 aromatic rings. The lowest BCUT2D eigenvalue weighted by molar-refractivity contribution is 0.106. The number of aromatic nitrogens is 6. The minimum Gasteiger partial charge on any atom is -0.480 e. The number of aromatic amines is 2. The van der Waals surface area contributed by atoms with Gasteiger partial charge in [0.25, 0.3) is 84.0 Å². The Morgan fingerprint density at radius 1 is 0.524 bits per heavy atom. The topological polar surface area (TPSA) is 591 Å². The summed E-state index contributed by atoms with van der Waals surface area (Å²) in [6.07, 6.45) is 0.435. The molecule has 1 aliphatic carbocycles. The first-order valence-electron chi connectivity index (χ1n) is 22.1. The van der Waals surface area contributed by atoms with Gasteiger partial charge in [-0.1, -0.05) is 0 Å². The molecular formula is C42H35N15O21S6. The highest BCUT2D eigenvalue weighted by molar-refractivity contribution is 7.91. The van der Waals surface area contributed by atoms with Gasteiger partial charge >= 0.3 is 0 Å². The number of carbonyl (C=O) groups excluding carboxylic acids is 1. The highest BCUT2D eigenvalue weighted by Gasteiger charge is 2.37. The van der Waals surface area contributed by atoms with Crippen molar-refractivity contribution in [1.29, 1.82) is 0 Å². The number of H-pyrrole nitrogens is 2. The minimum atomic E-state index is -5.62. The number of nitrogens with one attached hydrogen (secondary N) is 5. The summed E-state index contributed by atoms with van der Waals surface area (Å²) in [5.74, 6) is -2.15. The summed E-state index contributed by atoms with van der Waals surface area (Å²) in [6, 6.07) is 10.5. The number of anilines is 6. The lowest BCUT2D eigenvalue weighted by Gasteiger charge is -2.20. The van der Waals surface area contributed by atoms with Crippen LogP contribution < -0.4 is 33.0 Å². The molecule has 5 aromatic carbocycles. The van der Waals surface area contributed by atoms with E-state index in [0.717, 1.165) is 54.6 Å². The first kappa shape index (κ1) is 60.7. The van der Waals surface area contributed by atoms with Crippen molar-refractivity contribution in [3.63, 3.8) is 0 Å². The maximum Gasteiger partial charge on any atom is 0.297 e. The number of hydrogen-bond donors (Lipinski definition) is 14. The third-order valence-corrected chi connectivity index (χ3v) is 16.4. The molecule has 0 atom stereocenters. The summed E-state index contributed by atoms with van der Waals surface area (Å²) in [6.45, 7) is 2.91. The molecule has 2 aromatic heterocycles. The summed E-state index contributed by atoms with van der Waals surface area (Å²) in [5, 5.41) is 37.2. The van der Waals surface area contributed by atoms with Crippen LogP contribution >= 0.6 is 0 Å². The van der Waals surface area contributed by atoms with Gasteiger partial charge in [0.1, 0.15) is 31.0 Å². The first-order chi connectivity index (χ1) is 38.8. The van der Waals surface area contributed by atoms with Crippen LogP contribution in [0.2, 0.25) is 0 Å². The number of ketones is 1. The average Bonchev–Trinajstić information content (AvgIpc) is 0.934. The fourth-order valence-corrected chi connectivity index (χ4v) is 11.1. The van der Waals surface area contributed by atoms with Gasteiger partial charge in [-0.15, -0.1) is 10.2 Å². The van der Waals surface area contributed by atoms with Crippen LogP contribution in [0, 0.1) is 13.8 Å². The van der Waals surface area contributed by atoms with E-state index in [1.54, 1.807) is 0 Å². The SMILES string of the molecule is Cc1cc(S(=O)(=O)O)ccc1Nc1nc(=Nc2ccc(S(=O)(=O)O)c(N=Nc3c(S(=O)(=O)O)cc4c(c3N)C(=O)/C(=N/Nc3cc(N=c5nc(O)[nH]c(Nc6ccc(S(=O)(=O)O)cc6C)n5)ccc3S(=O)(=O)O)C(S(=O)(=O)O)=C4)c2)nc(O)[nH]1. The summed E-state index contributed by atoms with van der Waals surface area (Å²) in [5.41, 5.74) is 0.614. The van der Waals surface area contributed by atoms with Crippen LogP contribution in [0.3, 0.4) is 0 Å². The predicted octanol–water partition coefficient (Wildman–Crippen LogP) is 3.03. The van der Waals surface area contributed by atoms with Crippen LogP contribution in [0.25, 0.3) is 6.08 Å². The molecule has 84 heavy (non-hydrogen) atoms. The van der Waals surface area contributed by atoms with Crippen molar-refractivity contribution in [2.24, 2.45) is 25.3 Å². The Morgan fingerprint density at radius 3 is 1.45 bits per heavy atom. The smallest absolute Gasteiger partial charge is 0.297 e. The maximum atomic E-state index is 14.4. The van der Waals surface area contributed by atoms with Crippen molar-refractivity contribution in [2.45, 2.75) is 38.3 Å². The highest BCUT2D eigenvalue weighted by atomic mass is 32.2. The number of aromatic hydroxyl groups is 2. The number of nitrogens with two attached hydrogens (primary N) is 1. The number of hydrogen-bond acceptors (Lipinski definition) is 28. The van der Waals surface area contributed by atoms with E-state index in [1.165, 1.54) is 26.0 Å². The maximum absolute atomic E-state index is 14.4. The number of allylic oxidation sites excluding steroid dienone is 1. The van der Waals surface area contributed by atoms with Crippen LogP contribution in [0.5, 0.6) is 12.0 Å². The quantitative estimate of drug-likeness (QED) is 0.0286. The highest BCUT2D eigenvalue weighted by Crippen LogP contribution is 2.42. The fraction of sp³-hybridized carbons (Fsp3) is 0.0476. The van der Waals surface area contributed by atoms with E-state index in [-0.39, 0.29) is 45.8 Å². The van der Waals surface area contributed by atoms with E-state index < -0.39 is 159 Å². The molecule has 0 spiro atoms. The zero-order chi connectivity index (χ0) is 61.8. The van der Waals surface area contributed by atoms with Gasteiger partial charge < -0.3 is 26.6 Å². The van der Waals surface area contributed by atoms with Crippen molar-refractivity contribution >= 4 is 136 Å². The molecule has 0 unspecified atom stereocenters. The van der Waals surface area contributed by atoms with E-state index in [9.17, 15) is 92.8 Å². The zero-order valence-electron chi connectivity index (χ0n) is 41.5. The van der Waals surface area contributed by atoms with Crippen molar-refractivity contribution in [2.75, 3.05) is 21.8 Å². The Hall–Kier alpha value is -9.34. The van der Waals surface area contributed by atoms with Gasteiger partial charge in [0, 0.05) is 11.4 Å². The lowest BCUT2D eigenvalue weighted by Crippen LogP contribution is -2.28. The van der Waals surface area contributed by atoms with Crippen molar-refractivity contribution < 1.29 is 92.8 Å². The third kappa shape index (κ3) is 13.8. The monoisotopic (exact) mass is 1280 g/mol. The molecule has 36 nitrogen and oxygen atoms in total. The van der Waals surface area contributed by atoms with Crippen LogP contribution in [0.15, 0.2) is 134 Å². The molecule has 42 heteroatoms. The van der Waals surface area contributed by atoms with Crippen molar-refractivity contribution in [3.8, 4) is 12.0 Å². The van der Waals surface area contributed by atoms with Crippen LogP contribution in [-0.4, -0.2) is 129 Å². The van der Waals surface area contributed by atoms with E-state index in [1.807, 2.05) is 0 Å². The minimum absolute atomic E-state index is 0.202. The molecule has 8 rings (SSSR count). The zero-order valence-corrected chi connectivity index (χ0v) is 46.4. The molecule has 0 aliphatic heterocycles. The third-order valence-electron chi connectivity index (χ3n) is 11.1. The number of benzene rings is 5. The normalized spacial score (nSPS) is 14.4.